The first kappa shape index (κ1) is 111. The van der Waals surface area contributed by atoms with E-state index in [4.69, 9.17) is 20.4 Å². The Morgan fingerprint density at radius 1 is 0.388 bits per heavy atom. The van der Waals surface area contributed by atoms with E-state index in [1.54, 1.807) is 0 Å². The third-order valence-corrected chi connectivity index (χ3v) is 17.1. The fraction of sp³-hybridized carbons (Fsp3) is 0.947. The maximum atomic E-state index is 11.5. The zero-order valence-electron chi connectivity index (χ0n) is 68.6. The summed E-state index contributed by atoms with van der Waals surface area (Å²) in [6.45, 7) is 56.1. The third kappa shape index (κ3) is 75.9. The Morgan fingerprint density at radius 3 is 1.11 bits per heavy atom. The molecular weight excluding hydrogens is 1250 g/mol. The van der Waals surface area contributed by atoms with E-state index >= 15 is 0 Å². The molecule has 12 unspecified atom stereocenters. The number of nitrogens with zero attached hydrogens (tertiary/aromatic N) is 4. The van der Waals surface area contributed by atoms with Gasteiger partial charge in [-0.25, -0.2) is 0 Å². The molecule has 0 saturated carbocycles. The maximum Gasteiger partial charge on any atom is 0.225 e. The summed E-state index contributed by atoms with van der Waals surface area (Å²) in [5.74, 6) is 2.25. The molecule has 0 radical (unpaired) electrons. The number of hydrogen-bond donors (Lipinski definition) is 15. The number of likely N-dealkylation sites (N-methyl/N-ethyl adjacent to an activating group) is 2. The molecule has 0 fully saturated rings. The molecule has 0 aliphatic rings. The van der Waals surface area contributed by atoms with Crippen LogP contribution in [0.3, 0.4) is 0 Å². The summed E-state index contributed by atoms with van der Waals surface area (Å²) in [6, 6.07) is 0.730. The number of amides is 4. The molecule has 15 N–H and O–H groups in total. The second-order valence-corrected chi connectivity index (χ2v) is 28.3. The predicted molar refractivity (Wildman–Crippen MR) is 412 cm³/mol. The number of hydrogen-bond acceptors (Lipinski definition) is 19. The van der Waals surface area contributed by atoms with Crippen LogP contribution < -0.4 is 31.9 Å². The van der Waals surface area contributed by atoms with Crippen molar-refractivity contribution in [3.63, 3.8) is 0 Å². The van der Waals surface area contributed by atoms with Gasteiger partial charge in [-0.1, -0.05) is 158 Å². The van der Waals surface area contributed by atoms with E-state index in [9.17, 15) is 44.7 Å². The highest BCUT2D eigenvalue weighted by molar-refractivity contribution is 5.82. The molecule has 0 bridgehead atoms. The first-order valence-corrected chi connectivity index (χ1v) is 37.9. The van der Waals surface area contributed by atoms with Crippen molar-refractivity contribution in [1.82, 2.24) is 51.5 Å². The van der Waals surface area contributed by atoms with Crippen molar-refractivity contribution in [2.45, 2.75) is 291 Å². The highest BCUT2D eigenvalue weighted by Crippen LogP contribution is 2.20. The number of aliphatic hydroxyl groups is 9. The molecule has 0 aromatic carbocycles. The Morgan fingerprint density at radius 2 is 0.755 bits per heavy atom. The molecule has 0 spiro atoms. The zero-order valence-corrected chi connectivity index (χ0v) is 68.6. The number of nitrogens with one attached hydrogen (secondary N) is 6. The first-order chi connectivity index (χ1) is 45.7. The SMILES string of the molecule is CCC(C)(C)C(=O)NCCN(C)C.CCC(C)C(=O)NCCN(C)C.CCC(C)CN(CC(O)CC)CC(O)CO.CCC(C)CNCC(O)CC.CCC(C)NCC(O)CO.CCC(O)CN(CC(O)CO)C(C)CC.CCCNC(=O)C(C)(C)CC.CCCNC(=O)C(C)CC. The monoisotopic (exact) mass is 1420 g/mol. The van der Waals surface area contributed by atoms with Crippen LogP contribution in [0.5, 0.6) is 0 Å². The zero-order chi connectivity index (χ0) is 78.0. The summed E-state index contributed by atoms with van der Waals surface area (Å²) in [7, 11) is 7.99. The Kier molecular flexibility index (Phi) is 84.0. The van der Waals surface area contributed by atoms with Gasteiger partial charge < -0.3 is 87.7 Å². The highest BCUT2D eigenvalue weighted by Gasteiger charge is 2.26. The van der Waals surface area contributed by atoms with Gasteiger partial charge >= 0.3 is 0 Å². The van der Waals surface area contributed by atoms with E-state index in [0.717, 1.165) is 129 Å². The number of aliphatic hydroxyl groups excluding tert-OH is 9. The third-order valence-electron chi connectivity index (χ3n) is 17.1. The molecule has 0 aliphatic carbocycles. The van der Waals surface area contributed by atoms with Crippen LogP contribution in [0, 0.1) is 34.5 Å². The molecular formula is C75H168N10O13. The van der Waals surface area contributed by atoms with E-state index in [1.165, 1.54) is 6.42 Å². The molecule has 0 heterocycles. The topological polar surface area (TPSA) is 335 Å². The molecule has 596 valence electrons. The summed E-state index contributed by atoms with van der Waals surface area (Å²) in [4.78, 5) is 53.3. The van der Waals surface area contributed by atoms with Crippen molar-refractivity contribution in [2.75, 3.05) is 140 Å². The molecule has 4 amide bonds. The van der Waals surface area contributed by atoms with Crippen LogP contribution in [0.25, 0.3) is 0 Å². The lowest BCUT2D eigenvalue weighted by Gasteiger charge is -2.31. The van der Waals surface area contributed by atoms with Crippen LogP contribution in [0.2, 0.25) is 0 Å². The first-order valence-electron chi connectivity index (χ1n) is 37.9. The van der Waals surface area contributed by atoms with E-state index in [1.807, 2.05) is 135 Å². The average Bonchev–Trinajstić information content (AvgIpc) is 1.23. The van der Waals surface area contributed by atoms with Crippen LogP contribution in [-0.4, -0.2) is 278 Å². The smallest absolute Gasteiger partial charge is 0.225 e. The quantitative estimate of drug-likeness (QED) is 0.0289. The molecule has 0 rings (SSSR count). The second-order valence-electron chi connectivity index (χ2n) is 28.3. The second kappa shape index (κ2) is 74.0. The lowest BCUT2D eigenvalue weighted by atomic mass is 9.89. The van der Waals surface area contributed by atoms with Crippen molar-refractivity contribution < 1.29 is 65.1 Å². The number of carbonyl (C=O) groups excluding carboxylic acids is 4. The van der Waals surface area contributed by atoms with Crippen molar-refractivity contribution in [3.05, 3.63) is 0 Å². The van der Waals surface area contributed by atoms with Crippen molar-refractivity contribution in [2.24, 2.45) is 34.5 Å². The van der Waals surface area contributed by atoms with Crippen LogP contribution in [-0.2, 0) is 19.2 Å². The van der Waals surface area contributed by atoms with Gasteiger partial charge in [0.1, 0.15) is 0 Å². The molecule has 0 aromatic rings. The Hall–Kier alpha value is -2.72. The van der Waals surface area contributed by atoms with Gasteiger partial charge in [0.25, 0.3) is 0 Å². The van der Waals surface area contributed by atoms with Crippen LogP contribution in [0.4, 0.5) is 0 Å². The number of rotatable bonds is 46. The summed E-state index contributed by atoms with van der Waals surface area (Å²) in [5.41, 5.74) is -0.429. The van der Waals surface area contributed by atoms with Crippen molar-refractivity contribution >= 4 is 23.6 Å². The van der Waals surface area contributed by atoms with Gasteiger partial charge in [-0.05, 0) is 131 Å². The van der Waals surface area contributed by atoms with Crippen molar-refractivity contribution in [3.8, 4) is 0 Å². The molecule has 23 nitrogen and oxygen atoms in total. The average molecular weight is 1420 g/mol. The Labute approximate surface area is 603 Å². The summed E-state index contributed by atoms with van der Waals surface area (Å²) in [5, 5.41) is 100.0. The molecule has 0 aliphatic heterocycles. The summed E-state index contributed by atoms with van der Waals surface area (Å²) in [6.07, 6.45) is 9.25. The maximum absolute atomic E-state index is 11.5. The van der Waals surface area contributed by atoms with Crippen molar-refractivity contribution in [1.29, 1.82) is 0 Å². The minimum atomic E-state index is -0.719. The normalized spacial score (nSPS) is 14.9. The number of carbonyl (C=O) groups is 4. The van der Waals surface area contributed by atoms with E-state index in [0.29, 0.717) is 63.6 Å². The van der Waals surface area contributed by atoms with Gasteiger partial charge in [0.05, 0.1) is 56.4 Å². The standard InChI is InChI=1S/C12H27NO3.C11H25NO3.C10H22N2O.C9H20N2O.C9H19NO.C9H21NO.C8H17NO.C7H17NO2/c1-4-10(3)6-13(7-11(15)5-2)8-12(16)9-14;1-4-9(3)12(6-10(14)5-2)7-11(15)8-13;1-6-10(2,3)9(13)11-7-8-12(4)5;1-5-8(2)9(12)10-6-7-11(3)4;1-5-7-10-8(11)9(3,4)6-2;1-4-8(3)6-10-7-9(11)5-2;1-4-6-9-8(10)7(3)5-2;1-3-6(2)8-4-7(10)5-9/h10-12,14-16H,4-9H2,1-3H3;9-11,13-15H,4-8H2,1-3H3;6-8H2,1-5H3,(H,11,13);8H,5-7H2,1-4H3,(H,10,12);5-7H2,1-4H3,(H,10,11);8-11H,4-7H2,1-3H3;7H,4-6H2,1-3H3,(H,9,10);6-10H,3-5H2,1-2H3. The van der Waals surface area contributed by atoms with Gasteiger partial charge in [-0.2, -0.15) is 0 Å². The molecule has 0 saturated heterocycles. The Balaban J connectivity index is -0.000000158. The van der Waals surface area contributed by atoms with Gasteiger partial charge in [0, 0.05) is 120 Å². The summed E-state index contributed by atoms with van der Waals surface area (Å²) < 4.78 is 0. The predicted octanol–water partition coefficient (Wildman–Crippen LogP) is 7.11. The molecule has 12 atom stereocenters. The largest absolute Gasteiger partial charge is 0.394 e. The van der Waals surface area contributed by atoms with Gasteiger partial charge in [-0.15, -0.1) is 0 Å². The van der Waals surface area contributed by atoms with Crippen LogP contribution in [0.15, 0.2) is 0 Å². The van der Waals surface area contributed by atoms with Crippen LogP contribution >= 0.6 is 0 Å². The Bertz CT molecular complexity index is 1670. The van der Waals surface area contributed by atoms with Crippen LogP contribution in [0.1, 0.15) is 243 Å². The van der Waals surface area contributed by atoms with E-state index in [2.05, 4.69) is 104 Å². The molecule has 0 aromatic heterocycles. The lowest BCUT2D eigenvalue weighted by molar-refractivity contribution is -0.130. The van der Waals surface area contributed by atoms with Gasteiger partial charge in [0.15, 0.2) is 0 Å². The summed E-state index contributed by atoms with van der Waals surface area (Å²) >= 11 is 0. The van der Waals surface area contributed by atoms with E-state index in [-0.39, 0.29) is 84.4 Å². The highest BCUT2D eigenvalue weighted by atomic mass is 16.3. The minimum Gasteiger partial charge on any atom is -0.394 e. The fourth-order valence-corrected chi connectivity index (χ4v) is 7.13. The van der Waals surface area contributed by atoms with Gasteiger partial charge in [-0.3, -0.25) is 29.0 Å². The lowest BCUT2D eigenvalue weighted by Crippen LogP contribution is -2.43. The molecule has 98 heavy (non-hydrogen) atoms. The fourth-order valence-electron chi connectivity index (χ4n) is 7.13. The molecule has 23 heteroatoms. The van der Waals surface area contributed by atoms with Gasteiger partial charge in [0.2, 0.25) is 23.6 Å². The minimum absolute atomic E-state index is 0.146. The van der Waals surface area contributed by atoms with E-state index < -0.39 is 18.3 Å².